The zero-order valence-corrected chi connectivity index (χ0v) is 13.0. The summed E-state index contributed by atoms with van der Waals surface area (Å²) in [6.07, 6.45) is 0.305. The Kier molecular flexibility index (Phi) is 8.14. The van der Waals surface area contributed by atoms with Crippen molar-refractivity contribution in [2.24, 2.45) is 0 Å². The molecule has 0 aliphatic carbocycles. The largest absolute Gasteiger partial charge is 0.466 e. The van der Waals surface area contributed by atoms with Crippen molar-refractivity contribution in [2.75, 3.05) is 33.4 Å². The second kappa shape index (κ2) is 9.89. The first-order valence-corrected chi connectivity index (χ1v) is 7.23. The van der Waals surface area contributed by atoms with E-state index in [0.717, 1.165) is 5.56 Å². The molecule has 1 amide bonds. The number of methoxy groups -OCH3 is 1. The number of ether oxygens (including phenoxy) is 2. The predicted octanol–water partition coefficient (Wildman–Crippen LogP) is 1.80. The first-order chi connectivity index (χ1) is 10.6. The molecule has 0 spiro atoms. The number of halogens is 1. The fraction of sp³-hybridized carbons (Fsp3) is 0.500. The SMILES string of the molecule is CCOC(=O)CCN(CCOC)C(=O)Cc1ccc(F)cc1. The molecule has 5 nitrogen and oxygen atoms in total. The molecule has 0 aromatic heterocycles. The summed E-state index contributed by atoms with van der Waals surface area (Å²) >= 11 is 0. The van der Waals surface area contributed by atoms with Gasteiger partial charge in [0.25, 0.3) is 0 Å². The molecule has 0 heterocycles. The molecule has 0 radical (unpaired) electrons. The molecule has 0 N–H and O–H groups in total. The molecule has 0 saturated heterocycles. The number of rotatable bonds is 9. The molecule has 0 atom stereocenters. The Morgan fingerprint density at radius 2 is 1.86 bits per heavy atom. The van der Waals surface area contributed by atoms with Crippen molar-refractivity contribution < 1.29 is 23.5 Å². The highest BCUT2D eigenvalue weighted by Crippen LogP contribution is 2.06. The fourth-order valence-electron chi connectivity index (χ4n) is 1.91. The van der Waals surface area contributed by atoms with Crippen LogP contribution in [0.25, 0.3) is 0 Å². The fourth-order valence-corrected chi connectivity index (χ4v) is 1.91. The Morgan fingerprint density at radius 3 is 2.45 bits per heavy atom. The van der Waals surface area contributed by atoms with Crippen LogP contribution in [0.5, 0.6) is 0 Å². The first kappa shape index (κ1) is 18.1. The minimum atomic E-state index is -0.338. The van der Waals surface area contributed by atoms with Crippen molar-refractivity contribution in [3.63, 3.8) is 0 Å². The Balaban J connectivity index is 2.58. The van der Waals surface area contributed by atoms with Gasteiger partial charge >= 0.3 is 5.97 Å². The van der Waals surface area contributed by atoms with E-state index in [1.807, 2.05) is 0 Å². The van der Waals surface area contributed by atoms with Crippen LogP contribution in [0.2, 0.25) is 0 Å². The van der Waals surface area contributed by atoms with Gasteiger partial charge in [-0.3, -0.25) is 9.59 Å². The molecular formula is C16H22FNO4. The molecule has 22 heavy (non-hydrogen) atoms. The summed E-state index contributed by atoms with van der Waals surface area (Å²) in [5.41, 5.74) is 0.727. The van der Waals surface area contributed by atoms with Crippen LogP contribution >= 0.6 is 0 Å². The quantitative estimate of drug-likeness (QED) is 0.653. The number of carbonyl (C=O) groups is 2. The standard InChI is InChI=1S/C16H22FNO4/c1-3-22-16(20)8-9-18(10-11-21-2)15(19)12-13-4-6-14(17)7-5-13/h4-7H,3,8-12H2,1-2H3. The molecule has 122 valence electrons. The Morgan fingerprint density at radius 1 is 1.18 bits per heavy atom. The van der Waals surface area contributed by atoms with Gasteiger partial charge in [-0.1, -0.05) is 12.1 Å². The molecule has 1 aromatic carbocycles. The summed E-state index contributed by atoms with van der Waals surface area (Å²) in [5.74, 6) is -0.804. The third-order valence-electron chi connectivity index (χ3n) is 3.08. The minimum Gasteiger partial charge on any atom is -0.466 e. The van der Waals surface area contributed by atoms with Gasteiger partial charge in [0.1, 0.15) is 5.82 Å². The van der Waals surface area contributed by atoms with Crippen molar-refractivity contribution in [3.8, 4) is 0 Å². The average Bonchev–Trinajstić information content (AvgIpc) is 2.50. The lowest BCUT2D eigenvalue weighted by atomic mass is 10.1. The molecule has 0 fully saturated rings. The monoisotopic (exact) mass is 311 g/mol. The van der Waals surface area contributed by atoms with Gasteiger partial charge in [0.05, 0.1) is 26.1 Å². The van der Waals surface area contributed by atoms with Crippen molar-refractivity contribution in [1.29, 1.82) is 0 Å². The van der Waals surface area contributed by atoms with Gasteiger partial charge in [0.2, 0.25) is 5.91 Å². The van der Waals surface area contributed by atoms with Crippen LogP contribution in [0.4, 0.5) is 4.39 Å². The Bertz CT molecular complexity index is 476. The molecule has 0 unspecified atom stereocenters. The van der Waals surface area contributed by atoms with E-state index in [4.69, 9.17) is 9.47 Å². The number of carbonyl (C=O) groups excluding carboxylic acids is 2. The maximum Gasteiger partial charge on any atom is 0.307 e. The predicted molar refractivity (Wildman–Crippen MR) is 79.8 cm³/mol. The van der Waals surface area contributed by atoms with Crippen LogP contribution in [-0.2, 0) is 25.5 Å². The third-order valence-corrected chi connectivity index (χ3v) is 3.08. The van der Waals surface area contributed by atoms with Crippen LogP contribution in [0, 0.1) is 5.82 Å². The van der Waals surface area contributed by atoms with Gasteiger partial charge in [0, 0.05) is 20.2 Å². The molecule has 0 saturated carbocycles. The number of nitrogens with zero attached hydrogens (tertiary/aromatic N) is 1. The van der Waals surface area contributed by atoms with Crippen molar-refractivity contribution in [1.82, 2.24) is 4.90 Å². The molecular weight excluding hydrogens is 289 g/mol. The van der Waals surface area contributed by atoms with Gasteiger partial charge in [0.15, 0.2) is 0 Å². The van der Waals surface area contributed by atoms with E-state index in [2.05, 4.69) is 0 Å². The minimum absolute atomic E-state index is 0.132. The van der Waals surface area contributed by atoms with E-state index < -0.39 is 0 Å². The lowest BCUT2D eigenvalue weighted by molar-refractivity contribution is -0.144. The lowest BCUT2D eigenvalue weighted by Crippen LogP contribution is -2.36. The summed E-state index contributed by atoms with van der Waals surface area (Å²) in [7, 11) is 1.55. The van der Waals surface area contributed by atoms with Crippen LogP contribution in [0.1, 0.15) is 18.9 Å². The molecule has 0 bridgehead atoms. The summed E-state index contributed by atoms with van der Waals surface area (Å²) in [6.45, 7) is 3.12. The van der Waals surface area contributed by atoms with Gasteiger partial charge in [-0.25, -0.2) is 4.39 Å². The number of amides is 1. The van der Waals surface area contributed by atoms with E-state index in [9.17, 15) is 14.0 Å². The Hall–Kier alpha value is -1.95. The second-order valence-corrected chi connectivity index (χ2v) is 4.73. The molecule has 0 aliphatic rings. The number of benzene rings is 1. The van der Waals surface area contributed by atoms with Crippen LogP contribution in [0.3, 0.4) is 0 Å². The van der Waals surface area contributed by atoms with E-state index >= 15 is 0 Å². The Labute approximate surface area is 130 Å². The second-order valence-electron chi connectivity index (χ2n) is 4.73. The van der Waals surface area contributed by atoms with Crippen molar-refractivity contribution in [2.45, 2.75) is 19.8 Å². The smallest absolute Gasteiger partial charge is 0.307 e. The van der Waals surface area contributed by atoms with Gasteiger partial charge in [-0.05, 0) is 24.6 Å². The molecule has 1 aromatic rings. The highest BCUT2D eigenvalue weighted by Gasteiger charge is 2.15. The maximum atomic E-state index is 12.9. The highest BCUT2D eigenvalue weighted by atomic mass is 19.1. The van der Waals surface area contributed by atoms with E-state index in [-0.39, 0.29) is 37.1 Å². The van der Waals surface area contributed by atoms with Gasteiger partial charge in [-0.2, -0.15) is 0 Å². The van der Waals surface area contributed by atoms with Gasteiger partial charge < -0.3 is 14.4 Å². The number of esters is 1. The summed E-state index contributed by atoms with van der Waals surface area (Å²) in [4.78, 5) is 25.3. The van der Waals surface area contributed by atoms with Gasteiger partial charge in [-0.15, -0.1) is 0 Å². The first-order valence-electron chi connectivity index (χ1n) is 7.23. The van der Waals surface area contributed by atoms with E-state index in [1.54, 1.807) is 31.1 Å². The van der Waals surface area contributed by atoms with E-state index in [1.165, 1.54) is 12.1 Å². The zero-order valence-electron chi connectivity index (χ0n) is 13.0. The van der Waals surface area contributed by atoms with Crippen LogP contribution in [-0.4, -0.2) is 50.2 Å². The molecule has 0 aliphatic heterocycles. The summed E-state index contributed by atoms with van der Waals surface area (Å²) in [5, 5.41) is 0. The van der Waals surface area contributed by atoms with Crippen LogP contribution < -0.4 is 0 Å². The normalized spacial score (nSPS) is 10.3. The zero-order chi connectivity index (χ0) is 16.4. The maximum absolute atomic E-state index is 12.9. The van der Waals surface area contributed by atoms with Crippen LogP contribution in [0.15, 0.2) is 24.3 Å². The summed E-state index contributed by atoms with van der Waals surface area (Å²) in [6, 6.07) is 5.79. The van der Waals surface area contributed by atoms with Crippen molar-refractivity contribution in [3.05, 3.63) is 35.6 Å². The number of hydrogen-bond donors (Lipinski definition) is 0. The molecule has 1 rings (SSSR count). The third kappa shape index (κ3) is 6.67. The van der Waals surface area contributed by atoms with E-state index in [0.29, 0.717) is 19.8 Å². The van der Waals surface area contributed by atoms with Crippen molar-refractivity contribution >= 4 is 11.9 Å². The highest BCUT2D eigenvalue weighted by molar-refractivity contribution is 5.79. The summed E-state index contributed by atoms with van der Waals surface area (Å²) < 4.78 is 22.7. The number of hydrogen-bond acceptors (Lipinski definition) is 4. The average molecular weight is 311 g/mol. The molecule has 6 heteroatoms. The topological polar surface area (TPSA) is 55.8 Å². The lowest BCUT2D eigenvalue weighted by Gasteiger charge is -2.22.